The molecule has 0 bridgehead atoms. The molecule has 1 atom stereocenters. The van der Waals surface area contributed by atoms with Crippen LogP contribution in [0, 0.1) is 11.6 Å². The van der Waals surface area contributed by atoms with Gasteiger partial charge in [-0.25, -0.2) is 13.8 Å². The molecule has 180 valence electrons. The van der Waals surface area contributed by atoms with E-state index in [0.29, 0.717) is 55.3 Å². The Hall–Kier alpha value is -3.27. The number of halogens is 3. The van der Waals surface area contributed by atoms with Gasteiger partial charge in [0, 0.05) is 56.7 Å². The number of aromatic nitrogens is 4. The van der Waals surface area contributed by atoms with E-state index in [0.717, 1.165) is 18.0 Å². The van der Waals surface area contributed by atoms with Crippen molar-refractivity contribution in [1.29, 1.82) is 0 Å². The predicted molar refractivity (Wildman–Crippen MR) is 131 cm³/mol. The van der Waals surface area contributed by atoms with Gasteiger partial charge in [0.1, 0.15) is 5.82 Å². The quantitative estimate of drug-likeness (QED) is 0.521. The minimum atomic E-state index is -0.943. The molecule has 1 aromatic carbocycles. The molecule has 1 aliphatic heterocycles. The van der Waals surface area contributed by atoms with E-state index in [-0.39, 0.29) is 12.0 Å². The highest BCUT2D eigenvalue weighted by atomic mass is 35.5. The molecular weight excluding hydrogens is 462 g/mol. The number of hydrogen-bond donors (Lipinski definition) is 1. The number of piperazine rings is 1. The zero-order chi connectivity index (χ0) is 24.2. The molecule has 0 aliphatic carbocycles. The molecule has 0 amide bonds. The molecule has 0 radical (unpaired) electrons. The molecule has 34 heavy (non-hydrogen) atoms. The first-order chi connectivity index (χ1) is 16.4. The summed E-state index contributed by atoms with van der Waals surface area (Å²) in [5.74, 6) is 0.200. The van der Waals surface area contributed by atoms with Crippen molar-refractivity contribution in [2.45, 2.75) is 26.8 Å². The number of hydrogen-bond acceptors (Lipinski definition) is 8. The maximum Gasteiger partial charge on any atom is 0.233 e. The fraction of sp³-hybridized carbons (Fsp3) is 0.391. The van der Waals surface area contributed by atoms with Crippen LogP contribution in [0.5, 0.6) is 0 Å². The largest absolute Gasteiger partial charge is 0.352 e. The SMILES string of the molecule is CCN(CC)c1nc(Nc2ccc(F)c(F)c2)nc(N2CCN(c3ncccc3Cl)C[C@H]2C)n1. The summed E-state index contributed by atoms with van der Waals surface area (Å²) >= 11 is 6.35. The van der Waals surface area contributed by atoms with Crippen molar-refractivity contribution in [3.8, 4) is 0 Å². The Morgan fingerprint density at radius 2 is 1.88 bits per heavy atom. The Bertz CT molecular complexity index is 1140. The highest BCUT2D eigenvalue weighted by molar-refractivity contribution is 6.32. The third kappa shape index (κ3) is 5.11. The van der Waals surface area contributed by atoms with Crippen LogP contribution in [0.15, 0.2) is 36.5 Å². The first-order valence-electron chi connectivity index (χ1n) is 11.2. The summed E-state index contributed by atoms with van der Waals surface area (Å²) < 4.78 is 27.1. The summed E-state index contributed by atoms with van der Waals surface area (Å²) in [6.45, 7) is 9.60. The van der Waals surface area contributed by atoms with E-state index in [1.165, 1.54) is 6.07 Å². The van der Waals surface area contributed by atoms with Crippen molar-refractivity contribution in [3.63, 3.8) is 0 Å². The zero-order valence-corrected chi connectivity index (χ0v) is 20.1. The van der Waals surface area contributed by atoms with Gasteiger partial charge in [0.05, 0.1) is 5.02 Å². The number of pyridine rings is 1. The Morgan fingerprint density at radius 1 is 1.09 bits per heavy atom. The van der Waals surface area contributed by atoms with Gasteiger partial charge in [-0.1, -0.05) is 11.6 Å². The van der Waals surface area contributed by atoms with Crippen molar-refractivity contribution < 1.29 is 8.78 Å². The number of rotatable bonds is 7. The molecule has 0 saturated carbocycles. The molecule has 1 saturated heterocycles. The molecule has 0 spiro atoms. The molecule has 1 aliphatic rings. The van der Waals surface area contributed by atoms with E-state index in [2.05, 4.69) is 37.0 Å². The van der Waals surface area contributed by atoms with Crippen LogP contribution in [0.2, 0.25) is 5.02 Å². The number of benzene rings is 1. The lowest BCUT2D eigenvalue weighted by Gasteiger charge is -2.40. The van der Waals surface area contributed by atoms with Crippen LogP contribution >= 0.6 is 11.6 Å². The fourth-order valence-corrected chi connectivity index (χ4v) is 4.19. The lowest BCUT2D eigenvalue weighted by molar-refractivity contribution is 0.509. The van der Waals surface area contributed by atoms with Crippen molar-refractivity contribution in [1.82, 2.24) is 19.9 Å². The van der Waals surface area contributed by atoms with E-state index in [1.807, 2.05) is 30.9 Å². The standard InChI is InChI=1S/C23H27ClF2N8/c1-4-32(5-2)22-29-21(28-16-8-9-18(25)19(26)13-16)30-23(31-22)34-12-11-33(14-15(34)3)20-17(24)7-6-10-27-20/h6-10,13,15H,4-5,11-12,14H2,1-3H3,(H,28,29,30,31)/t15-/m1/s1. The highest BCUT2D eigenvalue weighted by Gasteiger charge is 2.28. The van der Waals surface area contributed by atoms with Crippen LogP contribution in [0.1, 0.15) is 20.8 Å². The summed E-state index contributed by atoms with van der Waals surface area (Å²) in [7, 11) is 0. The topological polar surface area (TPSA) is 73.3 Å². The lowest BCUT2D eigenvalue weighted by Crippen LogP contribution is -2.53. The second-order valence-corrected chi connectivity index (χ2v) is 8.39. The Kier molecular flexibility index (Phi) is 7.26. The highest BCUT2D eigenvalue weighted by Crippen LogP contribution is 2.28. The van der Waals surface area contributed by atoms with Gasteiger partial charge >= 0.3 is 0 Å². The van der Waals surface area contributed by atoms with Crippen molar-refractivity contribution >= 4 is 41.0 Å². The maximum absolute atomic E-state index is 13.7. The van der Waals surface area contributed by atoms with Crippen molar-refractivity contribution in [3.05, 3.63) is 53.2 Å². The minimum absolute atomic E-state index is 0.0647. The van der Waals surface area contributed by atoms with E-state index >= 15 is 0 Å². The average Bonchev–Trinajstić information content (AvgIpc) is 2.82. The summed E-state index contributed by atoms with van der Waals surface area (Å²) in [5.41, 5.74) is 0.351. The molecule has 3 heterocycles. The molecule has 1 fully saturated rings. The second-order valence-electron chi connectivity index (χ2n) is 7.98. The first kappa shape index (κ1) is 23.9. The van der Waals surface area contributed by atoms with Gasteiger partial charge in [0.2, 0.25) is 17.8 Å². The van der Waals surface area contributed by atoms with Crippen LogP contribution in [-0.4, -0.2) is 58.7 Å². The number of anilines is 5. The average molecular weight is 489 g/mol. The molecule has 1 N–H and O–H groups in total. The third-order valence-corrected chi connectivity index (χ3v) is 6.05. The van der Waals surface area contributed by atoms with E-state index in [1.54, 1.807) is 6.20 Å². The Labute approximate surface area is 202 Å². The molecule has 3 aromatic rings. The normalized spacial score (nSPS) is 16.0. The summed E-state index contributed by atoms with van der Waals surface area (Å²) in [5, 5.41) is 3.61. The third-order valence-electron chi connectivity index (χ3n) is 5.76. The van der Waals surface area contributed by atoms with Gasteiger partial charge in [-0.05, 0) is 45.0 Å². The first-order valence-corrected chi connectivity index (χ1v) is 11.6. The van der Waals surface area contributed by atoms with Crippen LogP contribution in [-0.2, 0) is 0 Å². The molecule has 4 rings (SSSR count). The number of nitrogens with one attached hydrogen (secondary N) is 1. The van der Waals surface area contributed by atoms with E-state index < -0.39 is 11.6 Å². The van der Waals surface area contributed by atoms with E-state index in [4.69, 9.17) is 16.6 Å². The van der Waals surface area contributed by atoms with Crippen LogP contribution in [0.25, 0.3) is 0 Å². The van der Waals surface area contributed by atoms with E-state index in [9.17, 15) is 8.78 Å². The van der Waals surface area contributed by atoms with Crippen LogP contribution in [0.4, 0.5) is 38.1 Å². The van der Waals surface area contributed by atoms with Gasteiger partial charge in [-0.2, -0.15) is 15.0 Å². The fourth-order valence-electron chi connectivity index (χ4n) is 3.95. The monoisotopic (exact) mass is 488 g/mol. The van der Waals surface area contributed by atoms with Gasteiger partial charge < -0.3 is 20.0 Å². The van der Waals surface area contributed by atoms with Gasteiger partial charge in [-0.3, -0.25) is 0 Å². The van der Waals surface area contributed by atoms with Gasteiger partial charge in [0.15, 0.2) is 11.6 Å². The van der Waals surface area contributed by atoms with Crippen molar-refractivity contribution in [2.75, 3.05) is 52.7 Å². The predicted octanol–water partition coefficient (Wildman–Crippen LogP) is 4.50. The van der Waals surface area contributed by atoms with Crippen LogP contribution < -0.4 is 20.0 Å². The molecule has 11 heteroatoms. The summed E-state index contributed by atoms with van der Waals surface area (Å²) in [6, 6.07) is 7.29. The molecule has 8 nitrogen and oxygen atoms in total. The Balaban J connectivity index is 1.62. The summed E-state index contributed by atoms with van der Waals surface area (Å²) in [6.07, 6.45) is 1.73. The Morgan fingerprint density at radius 3 is 2.56 bits per heavy atom. The van der Waals surface area contributed by atoms with Crippen LogP contribution in [0.3, 0.4) is 0 Å². The minimum Gasteiger partial charge on any atom is -0.352 e. The second kappa shape index (κ2) is 10.3. The lowest BCUT2D eigenvalue weighted by atomic mass is 10.2. The smallest absolute Gasteiger partial charge is 0.233 e. The molecular formula is C23H27ClF2N8. The maximum atomic E-state index is 13.7. The molecule has 2 aromatic heterocycles. The van der Waals surface area contributed by atoms with Crippen molar-refractivity contribution in [2.24, 2.45) is 0 Å². The van der Waals surface area contributed by atoms with Gasteiger partial charge in [-0.15, -0.1) is 0 Å². The zero-order valence-electron chi connectivity index (χ0n) is 19.3. The molecule has 0 unspecified atom stereocenters. The summed E-state index contributed by atoms with van der Waals surface area (Å²) in [4.78, 5) is 24.6. The van der Waals surface area contributed by atoms with Gasteiger partial charge in [0.25, 0.3) is 0 Å². The number of nitrogens with zero attached hydrogens (tertiary/aromatic N) is 7.